The molecule has 3 aliphatic rings. The largest absolute Gasteiger partial charge is 0.418 e. The topological polar surface area (TPSA) is 155 Å². The van der Waals surface area contributed by atoms with Gasteiger partial charge in [-0.05, 0) is 6.42 Å². The van der Waals surface area contributed by atoms with Gasteiger partial charge in [0, 0.05) is 18.4 Å². The van der Waals surface area contributed by atoms with Gasteiger partial charge in [0.25, 0.3) is 5.91 Å². The van der Waals surface area contributed by atoms with E-state index in [1.165, 1.54) is 0 Å². The molecule has 0 unspecified atom stereocenters. The monoisotopic (exact) mass is 378 g/mol. The second-order valence-corrected chi connectivity index (χ2v) is 7.25. The van der Waals surface area contributed by atoms with Gasteiger partial charge in [0.15, 0.2) is 0 Å². The fourth-order valence-corrected chi connectivity index (χ4v) is 3.70. The molecule has 0 aromatic rings. The van der Waals surface area contributed by atoms with Crippen molar-refractivity contribution in [1.82, 2.24) is 20.8 Å². The Kier molecular flexibility index (Phi) is 4.35. The molecule has 12 nitrogen and oxygen atoms in total. The van der Waals surface area contributed by atoms with Gasteiger partial charge in [-0.1, -0.05) is 6.92 Å². The van der Waals surface area contributed by atoms with E-state index in [2.05, 4.69) is 15.1 Å². The molecule has 0 saturated carbocycles. The summed E-state index contributed by atoms with van der Waals surface area (Å²) in [6, 6.07) is -2.46. The maximum atomic E-state index is 12.4. The summed E-state index contributed by atoms with van der Waals surface area (Å²) in [6.45, 7) is 2.09. The predicted molar refractivity (Wildman–Crippen MR) is 78.6 cm³/mol. The number of nitrogens with zero attached hydrogens (tertiary/aromatic N) is 2. The summed E-state index contributed by atoms with van der Waals surface area (Å²) in [6.07, 6.45) is 0.381. The first-order valence-electron chi connectivity index (χ1n) is 7.60. The van der Waals surface area contributed by atoms with Crippen molar-refractivity contribution in [1.29, 1.82) is 0 Å². The first-order valence-corrected chi connectivity index (χ1v) is 8.97. The molecule has 0 aromatic carbocycles. The Hall–Kier alpha value is -1.96. The Bertz CT molecular complexity index is 706. The van der Waals surface area contributed by atoms with Crippen LogP contribution in [0.4, 0.5) is 4.79 Å². The molecule has 13 heteroatoms. The third-order valence-corrected chi connectivity index (χ3v) is 5.02. The fourth-order valence-electron chi connectivity index (χ4n) is 3.33. The predicted octanol–water partition coefficient (Wildman–Crippen LogP) is -1.83. The first-order chi connectivity index (χ1) is 11.7. The van der Waals surface area contributed by atoms with Crippen LogP contribution in [0.5, 0.6) is 0 Å². The quantitative estimate of drug-likeness (QED) is 0.381. The van der Waals surface area contributed by atoms with Crippen molar-refractivity contribution in [2.24, 2.45) is 5.41 Å². The summed E-state index contributed by atoms with van der Waals surface area (Å²) in [5, 5.41) is 0.579. The van der Waals surface area contributed by atoms with Gasteiger partial charge in [-0.3, -0.25) is 25.0 Å². The van der Waals surface area contributed by atoms with Crippen LogP contribution in [0.1, 0.15) is 19.8 Å². The van der Waals surface area contributed by atoms with Crippen LogP contribution in [-0.4, -0.2) is 72.6 Å². The normalized spacial score (nSPS) is 27.2. The molecule has 4 amide bonds. The van der Waals surface area contributed by atoms with E-state index in [1.54, 1.807) is 6.92 Å². The highest BCUT2D eigenvalue weighted by molar-refractivity contribution is 7.80. The fraction of sp³-hybridized carbons (Fsp3) is 0.750. The lowest BCUT2D eigenvalue weighted by atomic mass is 9.71. The zero-order valence-electron chi connectivity index (χ0n) is 13.3. The Morgan fingerprint density at radius 2 is 2.08 bits per heavy atom. The van der Waals surface area contributed by atoms with Crippen LogP contribution in [0.2, 0.25) is 0 Å². The van der Waals surface area contributed by atoms with E-state index < -0.39 is 45.7 Å². The highest BCUT2D eigenvalue weighted by atomic mass is 32.3. The van der Waals surface area contributed by atoms with Crippen LogP contribution < -0.4 is 10.9 Å². The van der Waals surface area contributed by atoms with Crippen molar-refractivity contribution >= 4 is 28.2 Å². The number of hydrogen-bond donors (Lipinski definition) is 3. The van der Waals surface area contributed by atoms with Crippen molar-refractivity contribution in [2.75, 3.05) is 19.8 Å². The Balaban J connectivity index is 1.81. The van der Waals surface area contributed by atoms with Crippen LogP contribution in [0.25, 0.3) is 0 Å². The summed E-state index contributed by atoms with van der Waals surface area (Å²) in [4.78, 5) is 37.3. The number of amides is 4. The number of piperidine rings is 1. The molecule has 0 radical (unpaired) electrons. The Morgan fingerprint density at radius 1 is 1.40 bits per heavy atom. The van der Waals surface area contributed by atoms with Crippen LogP contribution in [0.3, 0.4) is 0 Å². The summed E-state index contributed by atoms with van der Waals surface area (Å²) < 4.78 is 40.6. The van der Waals surface area contributed by atoms with Gasteiger partial charge in [0.05, 0.1) is 19.3 Å². The molecule has 3 aliphatic heterocycles. The van der Waals surface area contributed by atoms with Crippen LogP contribution in [0, 0.1) is 5.41 Å². The maximum absolute atomic E-state index is 12.4. The Labute approximate surface area is 143 Å². The molecule has 2 bridgehead atoms. The number of nitrogens with one attached hydrogen (secondary N) is 2. The number of fused-ring (bicyclic) bond motifs is 3. The van der Waals surface area contributed by atoms with Gasteiger partial charge >= 0.3 is 16.4 Å². The smallest absolute Gasteiger partial charge is 0.380 e. The highest BCUT2D eigenvalue weighted by Crippen LogP contribution is 2.47. The second-order valence-electron chi connectivity index (χ2n) is 6.24. The summed E-state index contributed by atoms with van der Waals surface area (Å²) in [5.74, 6) is -0.999. The molecule has 3 heterocycles. The average Bonchev–Trinajstić information content (AvgIpc) is 2.77. The third kappa shape index (κ3) is 3.15. The number of hydrogen-bond acceptors (Lipinski definition) is 7. The van der Waals surface area contributed by atoms with E-state index in [0.717, 1.165) is 4.90 Å². The van der Waals surface area contributed by atoms with E-state index >= 15 is 0 Å². The zero-order valence-corrected chi connectivity index (χ0v) is 14.1. The van der Waals surface area contributed by atoms with Gasteiger partial charge in [0.1, 0.15) is 6.04 Å². The van der Waals surface area contributed by atoms with Crippen molar-refractivity contribution in [2.45, 2.75) is 31.8 Å². The maximum Gasteiger partial charge on any atom is 0.418 e. The second kappa shape index (κ2) is 6.09. The molecule has 0 aromatic heterocycles. The molecule has 3 N–H and O–H groups in total. The Morgan fingerprint density at radius 3 is 2.60 bits per heavy atom. The minimum atomic E-state index is -4.90. The molecule has 2 atom stereocenters. The SMILES string of the molecule is CCC(=O)NNC(=O)[C@@H]1CC2(COC2)[C@@H]2CN1C(=O)N2OS(=O)(=O)O. The van der Waals surface area contributed by atoms with Crippen molar-refractivity contribution in [3.63, 3.8) is 0 Å². The van der Waals surface area contributed by atoms with E-state index in [9.17, 15) is 22.8 Å². The molecule has 3 saturated heterocycles. The van der Waals surface area contributed by atoms with Crippen LogP contribution in [0.15, 0.2) is 0 Å². The molecule has 0 aliphatic carbocycles. The minimum absolute atomic E-state index is 0.0392. The van der Waals surface area contributed by atoms with E-state index in [1.807, 2.05) is 0 Å². The number of hydroxylamine groups is 2. The van der Waals surface area contributed by atoms with Gasteiger partial charge in [-0.25, -0.2) is 4.79 Å². The van der Waals surface area contributed by atoms with Gasteiger partial charge in [-0.15, -0.1) is 4.28 Å². The van der Waals surface area contributed by atoms with Crippen molar-refractivity contribution in [3.8, 4) is 0 Å². The number of urea groups is 1. The average molecular weight is 378 g/mol. The summed E-state index contributed by atoms with van der Waals surface area (Å²) in [5.41, 5.74) is 3.82. The van der Waals surface area contributed by atoms with Crippen LogP contribution in [-0.2, 0) is 29.0 Å². The van der Waals surface area contributed by atoms with Crippen molar-refractivity contribution < 1.29 is 36.4 Å². The van der Waals surface area contributed by atoms with E-state index in [4.69, 9.17) is 9.29 Å². The number of carbonyl (C=O) groups is 3. The van der Waals surface area contributed by atoms with Crippen LogP contribution >= 0.6 is 0 Å². The molecule has 3 fully saturated rings. The number of rotatable bonds is 4. The van der Waals surface area contributed by atoms with Gasteiger partial charge < -0.3 is 9.64 Å². The molecular weight excluding hydrogens is 360 g/mol. The number of hydrazine groups is 1. The summed E-state index contributed by atoms with van der Waals surface area (Å²) in [7, 11) is -4.90. The lowest BCUT2D eigenvalue weighted by Gasteiger charge is -2.50. The van der Waals surface area contributed by atoms with E-state index in [-0.39, 0.29) is 32.6 Å². The van der Waals surface area contributed by atoms with Gasteiger partial charge in [-0.2, -0.15) is 13.5 Å². The zero-order chi connectivity index (χ0) is 18.4. The molecule has 140 valence electrons. The molecule has 25 heavy (non-hydrogen) atoms. The third-order valence-electron chi connectivity index (χ3n) is 4.67. The number of ether oxygens (including phenoxy) is 1. The summed E-state index contributed by atoms with van der Waals surface area (Å²) >= 11 is 0. The molecule has 3 rings (SSSR count). The lowest BCUT2D eigenvalue weighted by molar-refractivity contribution is -0.193. The highest BCUT2D eigenvalue weighted by Gasteiger charge is 2.63. The minimum Gasteiger partial charge on any atom is -0.380 e. The molecular formula is C12H18N4O8S. The van der Waals surface area contributed by atoms with E-state index in [0.29, 0.717) is 5.06 Å². The standard InChI is InChI=1S/C12H18N4O8S/c1-2-9(17)13-14-10(18)7-3-12(5-23-6-12)8-4-15(7)11(19)16(8)24-25(20,21)22/h7-8H,2-6H2,1H3,(H,13,17)(H,14,18)(H,20,21,22)/t7-,8-/m0/s1. The number of carbonyl (C=O) groups excluding carboxylic acids is 3. The van der Waals surface area contributed by atoms with Gasteiger partial charge in [0.2, 0.25) is 5.91 Å². The first kappa shape index (κ1) is 17.8. The van der Waals surface area contributed by atoms with Crippen molar-refractivity contribution in [3.05, 3.63) is 0 Å². The molecule has 1 spiro atoms. The lowest BCUT2D eigenvalue weighted by Crippen LogP contribution is -2.64.